The van der Waals surface area contributed by atoms with Crippen molar-refractivity contribution in [3.63, 3.8) is 0 Å². The third-order valence-corrected chi connectivity index (χ3v) is 2.70. The molecule has 0 saturated carbocycles. The van der Waals surface area contributed by atoms with Gasteiger partial charge in [0.05, 0.1) is 5.69 Å². The Balaban J connectivity index is 2.41. The normalized spacial score (nSPS) is 19.2. The van der Waals surface area contributed by atoms with Crippen LogP contribution in [-0.2, 0) is 4.79 Å². The highest BCUT2D eigenvalue weighted by atomic mass is 16.5. The van der Waals surface area contributed by atoms with E-state index in [9.17, 15) is 9.90 Å². The maximum absolute atomic E-state index is 12.0. The molecule has 0 bridgehead atoms. The topological polar surface area (TPSA) is 49.8 Å². The highest BCUT2D eigenvalue weighted by molar-refractivity contribution is 5.99. The smallest absolute Gasteiger partial charge is 0.267 e. The van der Waals surface area contributed by atoms with Crippen LogP contribution in [0.2, 0.25) is 0 Å². The molecule has 1 aliphatic rings. The minimum atomic E-state index is -0.497. The van der Waals surface area contributed by atoms with Gasteiger partial charge in [0.15, 0.2) is 6.10 Å². The fourth-order valence-corrected chi connectivity index (χ4v) is 1.95. The number of carbonyl (C=O) groups excluding carboxylic acids is 1. The van der Waals surface area contributed by atoms with Gasteiger partial charge in [0.1, 0.15) is 11.5 Å². The number of rotatable bonds is 2. The molecule has 1 aromatic carbocycles. The molecule has 17 heavy (non-hydrogen) atoms. The van der Waals surface area contributed by atoms with E-state index in [4.69, 9.17) is 4.74 Å². The summed E-state index contributed by atoms with van der Waals surface area (Å²) in [4.78, 5) is 13.8. The molecular formula is C13H17NO3. The summed E-state index contributed by atoms with van der Waals surface area (Å²) < 4.78 is 5.49. The third-order valence-electron chi connectivity index (χ3n) is 2.70. The second-order valence-electron chi connectivity index (χ2n) is 4.75. The first kappa shape index (κ1) is 11.8. The van der Waals surface area contributed by atoms with Gasteiger partial charge in [0.2, 0.25) is 0 Å². The SMILES string of the molecule is CC(C)CN1C(=O)C(C)Oc2cc(O)ccc21. The summed E-state index contributed by atoms with van der Waals surface area (Å²) in [7, 11) is 0. The number of anilines is 1. The fourth-order valence-electron chi connectivity index (χ4n) is 1.95. The molecule has 2 rings (SSSR count). The molecule has 0 aliphatic carbocycles. The van der Waals surface area contributed by atoms with Gasteiger partial charge in [-0.3, -0.25) is 4.79 Å². The van der Waals surface area contributed by atoms with E-state index in [1.165, 1.54) is 0 Å². The molecule has 0 spiro atoms. The number of fused-ring (bicyclic) bond motifs is 1. The van der Waals surface area contributed by atoms with Gasteiger partial charge in [-0.2, -0.15) is 0 Å². The number of benzene rings is 1. The zero-order chi connectivity index (χ0) is 12.6. The third kappa shape index (κ3) is 2.20. The number of nitrogens with zero attached hydrogens (tertiary/aromatic N) is 1. The van der Waals surface area contributed by atoms with E-state index in [1.807, 2.05) is 0 Å². The predicted octanol–water partition coefficient (Wildman–Crippen LogP) is 2.16. The summed E-state index contributed by atoms with van der Waals surface area (Å²) in [6.07, 6.45) is -0.497. The van der Waals surface area contributed by atoms with Crippen molar-refractivity contribution >= 4 is 11.6 Å². The van der Waals surface area contributed by atoms with Crippen molar-refractivity contribution in [2.24, 2.45) is 5.92 Å². The van der Waals surface area contributed by atoms with E-state index < -0.39 is 6.10 Å². The largest absolute Gasteiger partial charge is 0.508 e. The maximum Gasteiger partial charge on any atom is 0.267 e. The molecule has 92 valence electrons. The Kier molecular flexibility index (Phi) is 2.96. The fraction of sp³-hybridized carbons (Fsp3) is 0.462. The molecule has 1 unspecified atom stereocenters. The minimum absolute atomic E-state index is 0.0307. The van der Waals surface area contributed by atoms with Crippen molar-refractivity contribution in [3.05, 3.63) is 18.2 Å². The van der Waals surface area contributed by atoms with Crippen LogP contribution in [-0.4, -0.2) is 23.7 Å². The lowest BCUT2D eigenvalue weighted by molar-refractivity contribution is -0.125. The first-order chi connectivity index (χ1) is 7.99. The summed E-state index contributed by atoms with van der Waals surface area (Å²) in [5, 5.41) is 9.43. The molecular weight excluding hydrogens is 218 g/mol. The molecule has 4 heteroatoms. The Morgan fingerprint density at radius 1 is 1.47 bits per heavy atom. The van der Waals surface area contributed by atoms with Crippen molar-refractivity contribution < 1.29 is 14.6 Å². The van der Waals surface area contributed by atoms with Crippen LogP contribution < -0.4 is 9.64 Å². The summed E-state index contributed by atoms with van der Waals surface area (Å²) in [5.74, 6) is 1.07. The molecule has 1 heterocycles. The molecule has 1 N–H and O–H groups in total. The van der Waals surface area contributed by atoms with Gasteiger partial charge >= 0.3 is 0 Å². The second-order valence-corrected chi connectivity index (χ2v) is 4.75. The first-order valence-electron chi connectivity index (χ1n) is 5.80. The van der Waals surface area contributed by atoms with Crippen molar-refractivity contribution in [1.29, 1.82) is 0 Å². The summed E-state index contributed by atoms with van der Waals surface area (Å²) in [6, 6.07) is 4.83. The quantitative estimate of drug-likeness (QED) is 0.854. The average Bonchev–Trinajstić information content (AvgIpc) is 2.24. The first-order valence-corrected chi connectivity index (χ1v) is 5.80. The lowest BCUT2D eigenvalue weighted by Crippen LogP contribution is -2.45. The van der Waals surface area contributed by atoms with E-state index in [0.717, 1.165) is 5.69 Å². The maximum atomic E-state index is 12.0. The number of amides is 1. The molecule has 0 fully saturated rings. The highest BCUT2D eigenvalue weighted by Crippen LogP contribution is 2.36. The van der Waals surface area contributed by atoms with Crippen molar-refractivity contribution in [2.45, 2.75) is 26.9 Å². The number of ether oxygens (including phenoxy) is 1. The van der Waals surface area contributed by atoms with Crippen LogP contribution in [0.5, 0.6) is 11.5 Å². The molecule has 4 nitrogen and oxygen atoms in total. The lowest BCUT2D eigenvalue weighted by Gasteiger charge is -2.34. The van der Waals surface area contributed by atoms with E-state index in [2.05, 4.69) is 13.8 Å². The number of phenols is 1. The van der Waals surface area contributed by atoms with Crippen LogP contribution in [0.1, 0.15) is 20.8 Å². The van der Waals surface area contributed by atoms with Crippen molar-refractivity contribution in [1.82, 2.24) is 0 Å². The summed E-state index contributed by atoms with van der Waals surface area (Å²) >= 11 is 0. The highest BCUT2D eigenvalue weighted by Gasteiger charge is 2.31. The van der Waals surface area contributed by atoms with Gasteiger partial charge in [-0.05, 0) is 25.0 Å². The van der Waals surface area contributed by atoms with Gasteiger partial charge in [-0.1, -0.05) is 13.8 Å². The Bertz CT molecular complexity index is 442. The lowest BCUT2D eigenvalue weighted by atomic mass is 10.1. The van der Waals surface area contributed by atoms with Gasteiger partial charge < -0.3 is 14.7 Å². The van der Waals surface area contributed by atoms with Crippen LogP contribution in [0.15, 0.2) is 18.2 Å². The van der Waals surface area contributed by atoms with Crippen LogP contribution in [0.25, 0.3) is 0 Å². The number of hydrogen-bond acceptors (Lipinski definition) is 3. The molecule has 0 aromatic heterocycles. The number of aromatic hydroxyl groups is 1. The van der Waals surface area contributed by atoms with Crippen LogP contribution in [0.4, 0.5) is 5.69 Å². The van der Waals surface area contributed by atoms with E-state index >= 15 is 0 Å². The second kappa shape index (κ2) is 4.28. The Labute approximate surface area is 101 Å². The summed E-state index contributed by atoms with van der Waals surface area (Å²) in [6.45, 7) is 6.51. The van der Waals surface area contributed by atoms with Gasteiger partial charge in [-0.15, -0.1) is 0 Å². The molecule has 0 saturated heterocycles. The zero-order valence-electron chi connectivity index (χ0n) is 10.3. The Morgan fingerprint density at radius 2 is 2.18 bits per heavy atom. The van der Waals surface area contributed by atoms with E-state index in [-0.39, 0.29) is 11.7 Å². The van der Waals surface area contributed by atoms with Gasteiger partial charge in [0, 0.05) is 12.6 Å². The van der Waals surface area contributed by atoms with Crippen molar-refractivity contribution in [2.75, 3.05) is 11.4 Å². The Morgan fingerprint density at radius 3 is 2.82 bits per heavy atom. The van der Waals surface area contributed by atoms with E-state index in [1.54, 1.807) is 30.0 Å². The van der Waals surface area contributed by atoms with Crippen LogP contribution in [0, 0.1) is 5.92 Å². The van der Waals surface area contributed by atoms with E-state index in [0.29, 0.717) is 18.2 Å². The average molecular weight is 235 g/mol. The number of phenolic OH excluding ortho intramolecular Hbond substituents is 1. The predicted molar refractivity (Wildman–Crippen MR) is 65.4 cm³/mol. The molecule has 1 aromatic rings. The van der Waals surface area contributed by atoms with Gasteiger partial charge in [0.25, 0.3) is 5.91 Å². The molecule has 0 radical (unpaired) electrons. The Hall–Kier alpha value is -1.71. The number of carbonyl (C=O) groups is 1. The van der Waals surface area contributed by atoms with Crippen molar-refractivity contribution in [3.8, 4) is 11.5 Å². The standard InChI is InChI=1S/C13H17NO3/c1-8(2)7-14-11-5-4-10(15)6-12(11)17-9(3)13(14)16/h4-6,8-9,15H,7H2,1-3H3. The molecule has 1 atom stereocenters. The molecule has 1 aliphatic heterocycles. The number of hydrogen-bond donors (Lipinski definition) is 1. The van der Waals surface area contributed by atoms with Crippen LogP contribution >= 0.6 is 0 Å². The summed E-state index contributed by atoms with van der Waals surface area (Å²) in [5.41, 5.74) is 0.736. The zero-order valence-corrected chi connectivity index (χ0v) is 10.3. The monoisotopic (exact) mass is 235 g/mol. The molecule has 1 amide bonds. The van der Waals surface area contributed by atoms with Crippen LogP contribution in [0.3, 0.4) is 0 Å². The minimum Gasteiger partial charge on any atom is -0.508 e. The van der Waals surface area contributed by atoms with Gasteiger partial charge in [-0.25, -0.2) is 0 Å².